The van der Waals surface area contributed by atoms with Crippen LogP contribution in [0.4, 0.5) is 17.1 Å². The highest BCUT2D eigenvalue weighted by molar-refractivity contribution is 7.27. The maximum absolute atomic E-state index is 6.40. The zero-order chi connectivity index (χ0) is 31.6. The number of thiophene rings is 1. The van der Waals surface area contributed by atoms with Gasteiger partial charge in [0, 0.05) is 44.7 Å². The number of hydrogen-bond donors (Lipinski definition) is 0. The molecule has 0 fully saturated rings. The van der Waals surface area contributed by atoms with Crippen molar-refractivity contribution in [3.63, 3.8) is 0 Å². The van der Waals surface area contributed by atoms with Crippen LogP contribution < -0.4 is 4.90 Å². The van der Waals surface area contributed by atoms with Gasteiger partial charge in [-0.1, -0.05) is 109 Å². The van der Waals surface area contributed by atoms with Gasteiger partial charge in [-0.25, -0.2) is 0 Å². The molecule has 0 N–H and O–H groups in total. The van der Waals surface area contributed by atoms with Gasteiger partial charge in [0.1, 0.15) is 11.2 Å². The van der Waals surface area contributed by atoms with E-state index in [4.69, 9.17) is 4.42 Å². The first-order chi connectivity index (χ1) is 23.8. The lowest BCUT2D eigenvalue weighted by Crippen LogP contribution is -2.10. The lowest BCUT2D eigenvalue weighted by molar-refractivity contribution is 0.669. The second-order valence-electron chi connectivity index (χ2n) is 12.1. The Morgan fingerprint density at radius 3 is 1.94 bits per heavy atom. The van der Waals surface area contributed by atoms with Crippen LogP contribution >= 0.6 is 11.3 Å². The van der Waals surface area contributed by atoms with Crippen LogP contribution in [0.25, 0.3) is 70.0 Å². The van der Waals surface area contributed by atoms with Gasteiger partial charge in [0.25, 0.3) is 0 Å². The van der Waals surface area contributed by atoms with Crippen LogP contribution in [0, 0.1) is 0 Å². The van der Waals surface area contributed by atoms with Gasteiger partial charge < -0.3 is 13.9 Å². The van der Waals surface area contributed by atoms with Crippen molar-refractivity contribution in [1.82, 2.24) is 4.57 Å². The molecule has 10 rings (SSSR count). The molecule has 0 amide bonds. The summed E-state index contributed by atoms with van der Waals surface area (Å²) in [5.74, 6) is 0. The normalized spacial score (nSPS) is 11.8. The molecule has 48 heavy (non-hydrogen) atoms. The fourth-order valence-corrected chi connectivity index (χ4v) is 8.54. The maximum atomic E-state index is 6.40. The Labute approximate surface area is 281 Å². The molecule has 3 nitrogen and oxygen atoms in total. The van der Waals surface area contributed by atoms with Crippen LogP contribution in [0.2, 0.25) is 0 Å². The molecule has 0 saturated heterocycles. The first-order valence-corrected chi connectivity index (χ1v) is 17.0. The summed E-state index contributed by atoms with van der Waals surface area (Å²) < 4.78 is 11.4. The van der Waals surface area contributed by atoms with E-state index in [1.54, 1.807) is 0 Å². The Hall–Kier alpha value is -6.10. The fourth-order valence-electron chi connectivity index (χ4n) is 7.21. The average molecular weight is 633 g/mol. The number of benzene rings is 7. The van der Waals surface area contributed by atoms with Crippen LogP contribution in [0.3, 0.4) is 0 Å². The van der Waals surface area contributed by atoms with Crippen molar-refractivity contribution in [2.75, 3.05) is 4.90 Å². The van der Waals surface area contributed by atoms with E-state index in [0.717, 1.165) is 44.7 Å². The minimum Gasteiger partial charge on any atom is -0.456 e. The molecule has 0 aliphatic heterocycles. The van der Waals surface area contributed by atoms with E-state index in [-0.39, 0.29) is 0 Å². The highest BCUT2D eigenvalue weighted by Crippen LogP contribution is 2.48. The van der Waals surface area contributed by atoms with Crippen LogP contribution in [0.5, 0.6) is 0 Å². The molecule has 0 aliphatic rings. The van der Waals surface area contributed by atoms with E-state index in [1.807, 2.05) is 23.5 Å². The zero-order valence-corrected chi connectivity index (χ0v) is 26.7. The number of furan rings is 1. The molecule has 0 radical (unpaired) electrons. The average Bonchev–Trinajstić information content (AvgIpc) is 3.82. The van der Waals surface area contributed by atoms with Crippen molar-refractivity contribution in [3.8, 4) is 16.8 Å². The topological polar surface area (TPSA) is 21.3 Å². The highest BCUT2D eigenvalue weighted by Gasteiger charge is 2.23. The smallest absolute Gasteiger partial charge is 0.137 e. The molecule has 0 saturated carbocycles. The molecular formula is C44H28N2OS. The van der Waals surface area contributed by atoms with E-state index in [9.17, 15) is 0 Å². The summed E-state index contributed by atoms with van der Waals surface area (Å²) in [5, 5.41) is 4.76. The first kappa shape index (κ1) is 27.1. The Bertz CT molecular complexity index is 2770. The standard InChI is InChI=1S/C44H28N2OS/c1-3-12-29(13-4-1)30-22-24-32(25-23-30)45(33-26-27-35-34-16-8-10-21-40(34)47-41(35)28-33)39-20-11-18-37-42-44(48-43(37)39)36-17-7-9-19-38(36)46(42)31-14-5-2-6-15-31/h1-28H. The summed E-state index contributed by atoms with van der Waals surface area (Å²) in [6.45, 7) is 0. The SMILES string of the molecule is c1ccc(-c2ccc(N(c3ccc4c(c3)oc3ccccc34)c3cccc4c3sc3c5ccccc5n(-c5ccccc5)c43)cc2)cc1. The molecule has 7 aromatic carbocycles. The summed E-state index contributed by atoms with van der Waals surface area (Å²) in [7, 11) is 0. The Balaban J connectivity index is 1.23. The quantitative estimate of drug-likeness (QED) is 0.188. The molecule has 226 valence electrons. The molecule has 0 bridgehead atoms. The summed E-state index contributed by atoms with van der Waals surface area (Å²) in [6, 6.07) is 60.5. The van der Waals surface area contributed by atoms with Crippen molar-refractivity contribution in [3.05, 3.63) is 170 Å². The minimum atomic E-state index is 0.879. The maximum Gasteiger partial charge on any atom is 0.137 e. The molecule has 3 aromatic heterocycles. The van der Waals surface area contributed by atoms with E-state index in [2.05, 4.69) is 167 Å². The fraction of sp³-hybridized carbons (Fsp3) is 0. The van der Waals surface area contributed by atoms with E-state index < -0.39 is 0 Å². The predicted molar refractivity (Wildman–Crippen MR) is 204 cm³/mol. The lowest BCUT2D eigenvalue weighted by atomic mass is 10.0. The van der Waals surface area contributed by atoms with E-state index >= 15 is 0 Å². The summed E-state index contributed by atoms with van der Waals surface area (Å²) >= 11 is 1.87. The summed E-state index contributed by atoms with van der Waals surface area (Å²) in [5.41, 5.74) is 11.1. The van der Waals surface area contributed by atoms with Crippen LogP contribution in [-0.4, -0.2) is 4.57 Å². The van der Waals surface area contributed by atoms with Crippen LogP contribution in [0.15, 0.2) is 174 Å². The third kappa shape index (κ3) is 4.13. The van der Waals surface area contributed by atoms with Gasteiger partial charge in [-0.3, -0.25) is 0 Å². The van der Waals surface area contributed by atoms with Crippen LogP contribution in [0.1, 0.15) is 0 Å². The predicted octanol–water partition coefficient (Wildman–Crippen LogP) is 13.0. The second kappa shape index (κ2) is 10.7. The highest BCUT2D eigenvalue weighted by atomic mass is 32.1. The molecule has 0 unspecified atom stereocenters. The number of hydrogen-bond acceptors (Lipinski definition) is 3. The van der Waals surface area contributed by atoms with Crippen molar-refractivity contribution < 1.29 is 4.42 Å². The number of para-hydroxylation sites is 3. The molecule has 0 atom stereocenters. The molecule has 0 aliphatic carbocycles. The van der Waals surface area contributed by atoms with Crippen molar-refractivity contribution in [1.29, 1.82) is 0 Å². The Morgan fingerprint density at radius 2 is 1.10 bits per heavy atom. The van der Waals surface area contributed by atoms with Gasteiger partial charge >= 0.3 is 0 Å². The third-order valence-corrected chi connectivity index (χ3v) is 10.6. The van der Waals surface area contributed by atoms with E-state index in [0.29, 0.717) is 0 Å². The van der Waals surface area contributed by atoms with Gasteiger partial charge in [0.2, 0.25) is 0 Å². The number of nitrogens with zero attached hydrogens (tertiary/aromatic N) is 2. The Morgan fingerprint density at radius 1 is 0.458 bits per heavy atom. The summed E-state index contributed by atoms with van der Waals surface area (Å²) in [4.78, 5) is 2.38. The molecule has 0 spiro atoms. The minimum absolute atomic E-state index is 0.879. The number of anilines is 3. The number of fused-ring (bicyclic) bond motifs is 8. The van der Waals surface area contributed by atoms with Gasteiger partial charge in [0.15, 0.2) is 0 Å². The molecule has 4 heteroatoms. The van der Waals surface area contributed by atoms with E-state index in [1.165, 1.54) is 42.3 Å². The van der Waals surface area contributed by atoms with Gasteiger partial charge in [-0.2, -0.15) is 0 Å². The third-order valence-electron chi connectivity index (χ3n) is 9.39. The van der Waals surface area contributed by atoms with Crippen LogP contribution in [-0.2, 0) is 0 Å². The van der Waals surface area contributed by atoms with Crippen molar-refractivity contribution in [2.24, 2.45) is 0 Å². The summed E-state index contributed by atoms with van der Waals surface area (Å²) in [6.07, 6.45) is 0. The zero-order valence-electron chi connectivity index (χ0n) is 25.9. The van der Waals surface area contributed by atoms with Gasteiger partial charge in [-0.15, -0.1) is 11.3 Å². The number of aromatic nitrogens is 1. The van der Waals surface area contributed by atoms with Gasteiger partial charge in [0.05, 0.1) is 26.1 Å². The second-order valence-corrected chi connectivity index (χ2v) is 13.2. The monoisotopic (exact) mass is 632 g/mol. The Kier molecular flexibility index (Phi) is 6.05. The molecule has 10 aromatic rings. The van der Waals surface area contributed by atoms with Crippen molar-refractivity contribution >= 4 is 81.5 Å². The van der Waals surface area contributed by atoms with Crippen molar-refractivity contribution in [2.45, 2.75) is 0 Å². The molecular weight excluding hydrogens is 605 g/mol. The lowest BCUT2D eigenvalue weighted by Gasteiger charge is -2.26. The largest absolute Gasteiger partial charge is 0.456 e. The number of rotatable bonds is 5. The first-order valence-electron chi connectivity index (χ1n) is 16.2. The van der Waals surface area contributed by atoms with Gasteiger partial charge in [-0.05, 0) is 65.7 Å². The molecule has 3 heterocycles.